The first-order valence-electron chi connectivity index (χ1n) is 6.13. The van der Waals surface area contributed by atoms with Crippen LogP contribution in [0.3, 0.4) is 0 Å². The molecule has 0 heterocycles. The lowest BCUT2D eigenvalue weighted by Gasteiger charge is -2.10. The highest BCUT2D eigenvalue weighted by Gasteiger charge is 2.31. The highest BCUT2D eigenvalue weighted by molar-refractivity contribution is 5.87. The Bertz CT molecular complexity index is 712. The Labute approximate surface area is 124 Å². The monoisotopic (exact) mass is 311 g/mol. The van der Waals surface area contributed by atoms with Crippen LogP contribution in [0.25, 0.3) is 0 Å². The third kappa shape index (κ3) is 3.30. The molecule has 7 heteroatoms. The topological polar surface area (TPSA) is 62.0 Å². The van der Waals surface area contributed by atoms with E-state index in [4.69, 9.17) is 4.74 Å². The molecule has 0 unspecified atom stereocenters. The molecule has 0 saturated heterocycles. The van der Waals surface area contributed by atoms with E-state index in [-0.39, 0.29) is 22.7 Å². The quantitative estimate of drug-likeness (QED) is 0.668. The number of methoxy groups -OCH3 is 1. The first-order chi connectivity index (χ1) is 10.3. The van der Waals surface area contributed by atoms with Gasteiger partial charge in [0, 0.05) is 11.8 Å². The second kappa shape index (κ2) is 5.97. The van der Waals surface area contributed by atoms with E-state index in [1.807, 2.05) is 0 Å². The molecule has 0 fully saturated rings. The Morgan fingerprint density at radius 1 is 1.14 bits per heavy atom. The number of benzene rings is 2. The molecule has 0 aliphatic rings. The van der Waals surface area contributed by atoms with Crippen molar-refractivity contribution >= 4 is 11.9 Å². The number of rotatable bonds is 3. The summed E-state index contributed by atoms with van der Waals surface area (Å²) in [5.74, 6) is -0.596. The number of aromatic hydroxyl groups is 2. The van der Waals surface area contributed by atoms with E-state index in [2.05, 4.69) is 4.99 Å². The summed E-state index contributed by atoms with van der Waals surface area (Å²) in [6.07, 6.45) is -3.35. The van der Waals surface area contributed by atoms with Crippen LogP contribution >= 0.6 is 0 Å². The van der Waals surface area contributed by atoms with E-state index in [0.29, 0.717) is 0 Å². The molecule has 0 saturated carbocycles. The lowest BCUT2D eigenvalue weighted by molar-refractivity contribution is -0.137. The van der Waals surface area contributed by atoms with E-state index in [0.717, 1.165) is 24.4 Å². The van der Waals surface area contributed by atoms with Crippen LogP contribution in [0.15, 0.2) is 41.4 Å². The summed E-state index contributed by atoms with van der Waals surface area (Å²) in [4.78, 5) is 3.90. The Balaban J connectivity index is 2.43. The van der Waals surface area contributed by atoms with Gasteiger partial charge in [0.2, 0.25) is 0 Å². The standard InChI is InChI=1S/C15H12F3NO3/c1-22-13-6-5-10(15(16,17)18)7-11(13)19-8-9-3-2-4-12(20)14(9)21/h2-8,20-21H,1H3. The molecule has 0 atom stereocenters. The van der Waals surface area contributed by atoms with Crippen molar-refractivity contribution in [2.75, 3.05) is 7.11 Å². The molecule has 0 spiro atoms. The molecule has 0 aromatic heterocycles. The van der Waals surface area contributed by atoms with Crippen molar-refractivity contribution in [1.82, 2.24) is 0 Å². The SMILES string of the molecule is COc1ccc(C(F)(F)F)cc1N=Cc1cccc(O)c1O. The highest BCUT2D eigenvalue weighted by Crippen LogP contribution is 2.36. The second-order valence-corrected chi connectivity index (χ2v) is 4.36. The van der Waals surface area contributed by atoms with Crippen LogP contribution in [0, 0.1) is 0 Å². The number of hydrogen-bond donors (Lipinski definition) is 2. The Hall–Kier alpha value is -2.70. The molecule has 0 bridgehead atoms. The van der Waals surface area contributed by atoms with Crippen LogP contribution in [0.2, 0.25) is 0 Å². The van der Waals surface area contributed by atoms with Crippen LogP contribution in [-0.4, -0.2) is 23.5 Å². The van der Waals surface area contributed by atoms with Gasteiger partial charge in [-0.2, -0.15) is 13.2 Å². The summed E-state index contributed by atoms with van der Waals surface area (Å²) in [6.45, 7) is 0. The number of phenolic OH excluding ortho intramolecular Hbond substituents is 2. The van der Waals surface area contributed by atoms with Gasteiger partial charge in [0.25, 0.3) is 0 Å². The lowest BCUT2D eigenvalue weighted by atomic mass is 10.1. The number of alkyl halides is 3. The maximum Gasteiger partial charge on any atom is 0.416 e. The van der Waals surface area contributed by atoms with E-state index in [1.54, 1.807) is 0 Å². The van der Waals surface area contributed by atoms with Gasteiger partial charge < -0.3 is 14.9 Å². The number of hydrogen-bond acceptors (Lipinski definition) is 4. The molecule has 0 amide bonds. The van der Waals surface area contributed by atoms with Crippen LogP contribution in [0.4, 0.5) is 18.9 Å². The van der Waals surface area contributed by atoms with Crippen molar-refractivity contribution in [2.45, 2.75) is 6.18 Å². The van der Waals surface area contributed by atoms with Gasteiger partial charge in [-0.25, -0.2) is 0 Å². The minimum absolute atomic E-state index is 0.0416. The second-order valence-electron chi connectivity index (χ2n) is 4.36. The van der Waals surface area contributed by atoms with Crippen molar-refractivity contribution < 1.29 is 28.1 Å². The van der Waals surface area contributed by atoms with Crippen LogP contribution in [0.1, 0.15) is 11.1 Å². The zero-order valence-corrected chi connectivity index (χ0v) is 11.4. The summed E-state index contributed by atoms with van der Waals surface area (Å²) in [5, 5.41) is 19.0. The summed E-state index contributed by atoms with van der Waals surface area (Å²) in [5.41, 5.74) is -0.736. The van der Waals surface area contributed by atoms with Crippen LogP contribution < -0.4 is 4.74 Å². The molecule has 2 aromatic carbocycles. The van der Waals surface area contributed by atoms with Gasteiger partial charge in [-0.1, -0.05) is 6.07 Å². The predicted octanol–water partition coefficient (Wildman–Crippen LogP) is 3.88. The molecule has 116 valence electrons. The normalized spacial score (nSPS) is 11.8. The molecule has 4 nitrogen and oxygen atoms in total. The van der Waals surface area contributed by atoms with Gasteiger partial charge in [0.1, 0.15) is 11.4 Å². The zero-order chi connectivity index (χ0) is 16.3. The number of aliphatic imine (C=N–C) groups is 1. The van der Waals surface area contributed by atoms with E-state index in [1.165, 1.54) is 25.3 Å². The highest BCUT2D eigenvalue weighted by atomic mass is 19.4. The smallest absolute Gasteiger partial charge is 0.416 e. The number of halogens is 3. The van der Waals surface area contributed by atoms with Gasteiger partial charge in [-0.05, 0) is 30.3 Å². The molecule has 0 radical (unpaired) electrons. The third-order valence-electron chi connectivity index (χ3n) is 2.89. The van der Waals surface area contributed by atoms with Crippen molar-refractivity contribution in [3.63, 3.8) is 0 Å². The fourth-order valence-corrected chi connectivity index (χ4v) is 1.76. The maximum absolute atomic E-state index is 12.7. The average molecular weight is 311 g/mol. The summed E-state index contributed by atoms with van der Waals surface area (Å²) in [7, 11) is 1.31. The summed E-state index contributed by atoms with van der Waals surface area (Å²) < 4.78 is 43.1. The largest absolute Gasteiger partial charge is 0.504 e. The van der Waals surface area contributed by atoms with Crippen LogP contribution in [-0.2, 0) is 6.18 Å². The molecular weight excluding hydrogens is 299 g/mol. The first kappa shape index (κ1) is 15.7. The fraction of sp³-hybridized carbons (Fsp3) is 0.133. The van der Waals surface area contributed by atoms with E-state index < -0.39 is 17.5 Å². The Kier molecular flexibility index (Phi) is 4.25. The number of phenols is 2. The predicted molar refractivity (Wildman–Crippen MR) is 75.0 cm³/mol. The Morgan fingerprint density at radius 2 is 1.86 bits per heavy atom. The molecule has 22 heavy (non-hydrogen) atoms. The molecule has 0 aliphatic carbocycles. The van der Waals surface area contributed by atoms with E-state index in [9.17, 15) is 23.4 Å². The summed E-state index contributed by atoms with van der Waals surface area (Å²) in [6, 6.07) is 7.10. The average Bonchev–Trinajstić information content (AvgIpc) is 2.47. The first-order valence-corrected chi connectivity index (χ1v) is 6.13. The van der Waals surface area contributed by atoms with Crippen LogP contribution in [0.5, 0.6) is 17.2 Å². The van der Waals surface area contributed by atoms with Gasteiger partial charge in [0.15, 0.2) is 11.5 Å². The van der Waals surface area contributed by atoms with Gasteiger partial charge in [-0.3, -0.25) is 4.99 Å². The number of para-hydroxylation sites is 1. The van der Waals surface area contributed by atoms with Gasteiger partial charge in [-0.15, -0.1) is 0 Å². The lowest BCUT2D eigenvalue weighted by Crippen LogP contribution is -2.04. The fourth-order valence-electron chi connectivity index (χ4n) is 1.76. The van der Waals surface area contributed by atoms with Gasteiger partial charge >= 0.3 is 6.18 Å². The molecule has 2 rings (SSSR count). The zero-order valence-electron chi connectivity index (χ0n) is 11.4. The minimum Gasteiger partial charge on any atom is -0.504 e. The molecule has 2 N–H and O–H groups in total. The maximum atomic E-state index is 12.7. The number of ether oxygens (including phenoxy) is 1. The minimum atomic E-state index is -4.50. The van der Waals surface area contributed by atoms with Gasteiger partial charge in [0.05, 0.1) is 12.7 Å². The summed E-state index contributed by atoms with van der Waals surface area (Å²) >= 11 is 0. The molecule has 2 aromatic rings. The molecular formula is C15H12F3NO3. The third-order valence-corrected chi connectivity index (χ3v) is 2.89. The van der Waals surface area contributed by atoms with Crippen molar-refractivity contribution in [3.05, 3.63) is 47.5 Å². The van der Waals surface area contributed by atoms with Crippen molar-refractivity contribution in [1.29, 1.82) is 0 Å². The van der Waals surface area contributed by atoms with Crippen molar-refractivity contribution in [3.8, 4) is 17.2 Å². The Morgan fingerprint density at radius 3 is 2.50 bits per heavy atom. The van der Waals surface area contributed by atoms with E-state index >= 15 is 0 Å². The van der Waals surface area contributed by atoms with Crippen molar-refractivity contribution in [2.24, 2.45) is 4.99 Å². The molecule has 0 aliphatic heterocycles. The number of nitrogens with zero attached hydrogens (tertiary/aromatic N) is 1.